The van der Waals surface area contributed by atoms with Crippen molar-refractivity contribution >= 4 is 28.7 Å². The minimum Gasteiger partial charge on any atom is -0.356 e. The zero-order valence-electron chi connectivity index (χ0n) is 18.1. The molecule has 0 bridgehead atoms. The summed E-state index contributed by atoms with van der Waals surface area (Å²) >= 11 is 4.64. The number of nitrogens with zero attached hydrogens (tertiary/aromatic N) is 1. The van der Waals surface area contributed by atoms with Gasteiger partial charge in [0, 0.05) is 33.9 Å². The maximum Gasteiger partial charge on any atom is 0.218 e. The lowest BCUT2D eigenvalue weighted by atomic mass is 10.4. The van der Waals surface area contributed by atoms with Crippen molar-refractivity contribution in [3.05, 3.63) is 0 Å². The number of halogens is 1. The van der Waals surface area contributed by atoms with E-state index in [9.17, 15) is 14.4 Å². The van der Waals surface area contributed by atoms with Crippen LogP contribution >= 0.6 is 11.6 Å². The standard InChI is InChI=1S/C7H14N2O2.C6H15N.C3H10N2.C2H3ClO/c1-6(10)8-4-3-5-9-7(2)11;1-4-7(5-2)6-3;4-2-1-3-5;1-2(3)4/h3-5H2,1-2H3,(H,8,10)(H,9,11);4-6H2,1-3H3;1-5H2;1H3. The lowest BCUT2D eigenvalue weighted by molar-refractivity contribution is -0.119. The SMILES string of the molecule is CC(=O)Cl.CC(=O)NCCCNC(C)=O.CCN(CC)CC.NCCCN. The quantitative estimate of drug-likeness (QED) is 0.331. The van der Waals surface area contributed by atoms with Gasteiger partial charge in [-0.25, -0.2) is 0 Å². The van der Waals surface area contributed by atoms with Gasteiger partial charge in [0.15, 0.2) is 0 Å². The van der Waals surface area contributed by atoms with E-state index >= 15 is 0 Å². The second-order valence-corrected chi connectivity index (χ2v) is 5.87. The molecule has 2 amide bonds. The smallest absolute Gasteiger partial charge is 0.218 e. The van der Waals surface area contributed by atoms with Crippen molar-refractivity contribution in [3.63, 3.8) is 0 Å². The zero-order valence-corrected chi connectivity index (χ0v) is 18.8. The first-order valence-electron chi connectivity index (χ1n) is 9.39. The van der Waals surface area contributed by atoms with Crippen LogP contribution in [0.1, 0.15) is 54.4 Å². The summed E-state index contributed by atoms with van der Waals surface area (Å²) in [4.78, 5) is 32.3. The summed E-state index contributed by atoms with van der Waals surface area (Å²) in [7, 11) is 0. The Labute approximate surface area is 170 Å². The number of rotatable bonds is 9. The van der Waals surface area contributed by atoms with Gasteiger partial charge in [0.25, 0.3) is 0 Å². The molecule has 0 aliphatic carbocycles. The second kappa shape index (κ2) is 29.5. The Bertz CT molecular complexity index is 313. The van der Waals surface area contributed by atoms with Crippen molar-refractivity contribution in [3.8, 4) is 0 Å². The molecule has 0 aromatic heterocycles. The van der Waals surface area contributed by atoms with E-state index in [0.29, 0.717) is 13.1 Å². The van der Waals surface area contributed by atoms with Crippen LogP contribution in [0.2, 0.25) is 0 Å². The predicted molar refractivity (Wildman–Crippen MR) is 115 cm³/mol. The largest absolute Gasteiger partial charge is 0.356 e. The highest BCUT2D eigenvalue weighted by Crippen LogP contribution is 1.81. The Kier molecular flexibility index (Phi) is 36.5. The molecule has 0 saturated heterocycles. The number of carbonyl (C=O) groups is 3. The van der Waals surface area contributed by atoms with Crippen molar-refractivity contribution in [1.29, 1.82) is 0 Å². The van der Waals surface area contributed by atoms with Crippen molar-refractivity contribution in [1.82, 2.24) is 15.5 Å². The van der Waals surface area contributed by atoms with Crippen LogP contribution in [-0.2, 0) is 14.4 Å². The molecule has 164 valence electrons. The Morgan fingerprint density at radius 2 is 1.07 bits per heavy atom. The Hall–Kier alpha value is -1.22. The van der Waals surface area contributed by atoms with Crippen LogP contribution in [0.5, 0.6) is 0 Å². The minimum atomic E-state index is -0.361. The number of hydrogen-bond donors (Lipinski definition) is 4. The molecule has 0 aromatic carbocycles. The number of amides is 2. The van der Waals surface area contributed by atoms with Gasteiger partial charge >= 0.3 is 0 Å². The molecular formula is C18H42ClN5O3. The first-order valence-corrected chi connectivity index (χ1v) is 9.77. The zero-order chi connectivity index (χ0) is 22.1. The minimum absolute atomic E-state index is 0.0344. The lowest BCUT2D eigenvalue weighted by Gasteiger charge is -2.13. The van der Waals surface area contributed by atoms with Gasteiger partial charge in [-0.3, -0.25) is 14.4 Å². The molecule has 0 aromatic rings. The van der Waals surface area contributed by atoms with E-state index in [1.54, 1.807) is 0 Å². The first-order chi connectivity index (χ1) is 12.6. The van der Waals surface area contributed by atoms with Gasteiger partial charge in [-0.15, -0.1) is 0 Å². The van der Waals surface area contributed by atoms with Crippen molar-refractivity contribution in [2.24, 2.45) is 11.5 Å². The maximum absolute atomic E-state index is 10.3. The fourth-order valence-electron chi connectivity index (χ4n) is 1.41. The summed E-state index contributed by atoms with van der Waals surface area (Å²) in [6, 6.07) is 0. The van der Waals surface area contributed by atoms with Gasteiger partial charge in [0.1, 0.15) is 0 Å². The molecule has 0 atom stereocenters. The third-order valence-electron chi connectivity index (χ3n) is 2.85. The fourth-order valence-corrected chi connectivity index (χ4v) is 1.41. The average molecular weight is 412 g/mol. The third kappa shape index (κ3) is 58.9. The molecule has 0 spiro atoms. The van der Waals surface area contributed by atoms with Crippen LogP contribution in [0, 0.1) is 0 Å². The van der Waals surface area contributed by atoms with Crippen LogP contribution in [0.3, 0.4) is 0 Å². The highest BCUT2D eigenvalue weighted by Gasteiger charge is 1.91. The summed E-state index contributed by atoms with van der Waals surface area (Å²) in [6.45, 7) is 17.0. The van der Waals surface area contributed by atoms with E-state index in [1.165, 1.54) is 40.4 Å². The van der Waals surface area contributed by atoms with Gasteiger partial charge in [0.05, 0.1) is 0 Å². The molecule has 0 fully saturated rings. The van der Waals surface area contributed by atoms with Crippen molar-refractivity contribution in [2.45, 2.75) is 54.4 Å². The van der Waals surface area contributed by atoms with Crippen LogP contribution in [0.15, 0.2) is 0 Å². The highest BCUT2D eigenvalue weighted by atomic mass is 35.5. The molecule has 0 aliphatic heterocycles. The molecule has 0 unspecified atom stereocenters. The Morgan fingerprint density at radius 3 is 1.19 bits per heavy atom. The van der Waals surface area contributed by atoms with Crippen LogP contribution in [0.25, 0.3) is 0 Å². The topological polar surface area (TPSA) is 131 Å². The number of hydrogen-bond acceptors (Lipinski definition) is 6. The average Bonchev–Trinajstić information content (AvgIpc) is 2.57. The molecule has 27 heavy (non-hydrogen) atoms. The second-order valence-electron chi connectivity index (χ2n) is 5.34. The molecule has 8 nitrogen and oxygen atoms in total. The molecule has 6 N–H and O–H groups in total. The maximum atomic E-state index is 10.3. The van der Waals surface area contributed by atoms with E-state index in [1.807, 2.05) is 0 Å². The molecule has 0 rings (SSSR count). The van der Waals surface area contributed by atoms with Gasteiger partial charge < -0.3 is 27.0 Å². The summed E-state index contributed by atoms with van der Waals surface area (Å²) < 4.78 is 0. The molecule has 0 aliphatic rings. The number of nitrogens with one attached hydrogen (secondary N) is 2. The predicted octanol–water partition coefficient (Wildman–Crippen LogP) is 1.06. The van der Waals surface area contributed by atoms with E-state index in [4.69, 9.17) is 11.5 Å². The number of carbonyl (C=O) groups excluding carboxylic acids is 3. The normalized spacial score (nSPS) is 8.81. The van der Waals surface area contributed by atoms with Crippen molar-refractivity contribution < 1.29 is 14.4 Å². The molecule has 9 heteroatoms. The van der Waals surface area contributed by atoms with Gasteiger partial charge in [-0.1, -0.05) is 20.8 Å². The van der Waals surface area contributed by atoms with E-state index in [2.05, 4.69) is 47.9 Å². The van der Waals surface area contributed by atoms with Crippen LogP contribution in [0.4, 0.5) is 0 Å². The van der Waals surface area contributed by atoms with E-state index in [-0.39, 0.29) is 17.1 Å². The van der Waals surface area contributed by atoms with Gasteiger partial charge in [-0.2, -0.15) is 0 Å². The number of nitrogens with two attached hydrogens (primary N) is 2. The van der Waals surface area contributed by atoms with Crippen LogP contribution < -0.4 is 22.1 Å². The summed E-state index contributed by atoms with van der Waals surface area (Å²) in [5.41, 5.74) is 10.1. The van der Waals surface area contributed by atoms with Crippen LogP contribution in [-0.4, -0.2) is 67.8 Å². The monoisotopic (exact) mass is 411 g/mol. The Balaban J connectivity index is -0.000000142. The lowest BCUT2D eigenvalue weighted by Crippen LogP contribution is -2.27. The van der Waals surface area contributed by atoms with Gasteiger partial charge in [-0.05, 0) is 57.2 Å². The molecule has 0 heterocycles. The summed E-state index contributed by atoms with van der Waals surface area (Å²) in [5, 5.41) is 4.90. The highest BCUT2D eigenvalue weighted by molar-refractivity contribution is 6.62. The third-order valence-corrected chi connectivity index (χ3v) is 2.85. The van der Waals surface area contributed by atoms with E-state index < -0.39 is 0 Å². The fraction of sp³-hybridized carbons (Fsp3) is 0.833. The van der Waals surface area contributed by atoms with Gasteiger partial charge in [0.2, 0.25) is 17.1 Å². The first kappa shape index (κ1) is 33.4. The summed E-state index contributed by atoms with van der Waals surface area (Å²) in [6.07, 6.45) is 1.72. The Morgan fingerprint density at radius 1 is 0.778 bits per heavy atom. The molecule has 0 saturated carbocycles. The van der Waals surface area contributed by atoms with E-state index in [0.717, 1.165) is 25.9 Å². The molecular weight excluding hydrogens is 370 g/mol. The van der Waals surface area contributed by atoms with Crippen molar-refractivity contribution in [2.75, 3.05) is 45.8 Å². The summed E-state index contributed by atoms with van der Waals surface area (Å²) in [5.74, 6) is -0.0688. The molecule has 0 radical (unpaired) electrons.